The summed E-state index contributed by atoms with van der Waals surface area (Å²) in [5.74, 6) is 0.646. The van der Waals surface area contributed by atoms with Gasteiger partial charge < -0.3 is 5.32 Å². The van der Waals surface area contributed by atoms with Crippen molar-refractivity contribution in [1.82, 2.24) is 14.3 Å². The summed E-state index contributed by atoms with van der Waals surface area (Å²) in [5, 5.41) is 2.92. The van der Waals surface area contributed by atoms with Crippen molar-refractivity contribution in [1.29, 1.82) is 0 Å². The highest BCUT2D eigenvalue weighted by atomic mass is 32.2. The Morgan fingerprint density at radius 2 is 2.00 bits per heavy atom. The maximum atomic E-state index is 11.8. The van der Waals surface area contributed by atoms with E-state index in [1.807, 2.05) is 13.8 Å². The van der Waals surface area contributed by atoms with Gasteiger partial charge in [0.2, 0.25) is 10.0 Å². The zero-order chi connectivity index (χ0) is 12.7. The molecule has 6 nitrogen and oxygen atoms in total. The Morgan fingerprint density at radius 3 is 2.53 bits per heavy atom. The molecule has 1 N–H and O–H groups in total. The van der Waals surface area contributed by atoms with E-state index in [0.29, 0.717) is 25.5 Å². The van der Waals surface area contributed by atoms with Gasteiger partial charge in [0.15, 0.2) is 0 Å². The summed E-state index contributed by atoms with van der Waals surface area (Å²) < 4.78 is 25.1. The van der Waals surface area contributed by atoms with Crippen molar-refractivity contribution in [2.45, 2.75) is 13.8 Å². The molecule has 1 rings (SSSR count). The van der Waals surface area contributed by atoms with Crippen LogP contribution in [0.5, 0.6) is 0 Å². The molecule has 96 valence electrons. The van der Waals surface area contributed by atoms with Crippen molar-refractivity contribution in [2.24, 2.45) is 0 Å². The van der Waals surface area contributed by atoms with E-state index in [1.165, 1.54) is 4.31 Å². The van der Waals surface area contributed by atoms with Crippen LogP contribution in [0.2, 0.25) is 0 Å². The van der Waals surface area contributed by atoms with Crippen LogP contribution in [0.1, 0.15) is 13.8 Å². The quantitative estimate of drug-likeness (QED) is 0.773. The smallest absolute Gasteiger partial charge is 0.215 e. The second-order valence-electron chi connectivity index (χ2n) is 3.42. The monoisotopic (exact) mass is 258 g/mol. The van der Waals surface area contributed by atoms with Gasteiger partial charge in [-0.1, -0.05) is 13.8 Å². The first-order valence-electron chi connectivity index (χ1n) is 5.58. The van der Waals surface area contributed by atoms with Crippen molar-refractivity contribution >= 4 is 15.8 Å². The molecule has 0 fully saturated rings. The second kappa shape index (κ2) is 6.51. The molecule has 0 aromatic carbocycles. The van der Waals surface area contributed by atoms with Crippen molar-refractivity contribution < 1.29 is 8.42 Å². The number of anilines is 1. The maximum Gasteiger partial charge on any atom is 0.215 e. The van der Waals surface area contributed by atoms with Crippen LogP contribution in [0.15, 0.2) is 18.6 Å². The minimum absolute atomic E-state index is 0.0608. The Labute approximate surface area is 102 Å². The van der Waals surface area contributed by atoms with E-state index >= 15 is 0 Å². The number of nitrogens with zero attached hydrogens (tertiary/aromatic N) is 3. The topological polar surface area (TPSA) is 75.2 Å². The number of sulfonamides is 1. The summed E-state index contributed by atoms with van der Waals surface area (Å²) in [4.78, 5) is 7.88. The Hall–Kier alpha value is -1.21. The van der Waals surface area contributed by atoms with Crippen LogP contribution < -0.4 is 5.32 Å². The lowest BCUT2D eigenvalue weighted by molar-refractivity contribution is 0.446. The van der Waals surface area contributed by atoms with E-state index in [0.717, 1.165) is 0 Å². The molecule has 1 aromatic heterocycles. The van der Waals surface area contributed by atoms with Crippen molar-refractivity contribution in [3.05, 3.63) is 18.6 Å². The van der Waals surface area contributed by atoms with Crippen LogP contribution in [-0.2, 0) is 10.0 Å². The largest absolute Gasteiger partial charge is 0.368 e. The highest BCUT2D eigenvalue weighted by Gasteiger charge is 2.17. The summed E-state index contributed by atoms with van der Waals surface area (Å²) in [6, 6.07) is 0. The lowest BCUT2D eigenvalue weighted by Gasteiger charge is -2.18. The molecule has 0 amide bonds. The van der Waals surface area contributed by atoms with Gasteiger partial charge in [0.1, 0.15) is 5.82 Å². The van der Waals surface area contributed by atoms with Gasteiger partial charge in [-0.05, 0) is 0 Å². The van der Waals surface area contributed by atoms with E-state index in [-0.39, 0.29) is 5.75 Å². The number of hydrogen-bond acceptors (Lipinski definition) is 5. The molecule has 1 aromatic rings. The van der Waals surface area contributed by atoms with Gasteiger partial charge >= 0.3 is 0 Å². The fraction of sp³-hybridized carbons (Fsp3) is 0.600. The zero-order valence-corrected chi connectivity index (χ0v) is 10.9. The molecule has 0 saturated carbocycles. The average Bonchev–Trinajstić information content (AvgIpc) is 2.31. The molecular formula is C10H18N4O2S. The fourth-order valence-corrected chi connectivity index (χ4v) is 2.85. The van der Waals surface area contributed by atoms with Crippen LogP contribution in [-0.4, -0.2) is 48.1 Å². The summed E-state index contributed by atoms with van der Waals surface area (Å²) in [6.45, 7) is 5.00. The summed E-state index contributed by atoms with van der Waals surface area (Å²) in [5.41, 5.74) is 0. The number of aromatic nitrogens is 2. The lowest BCUT2D eigenvalue weighted by atomic mass is 10.6. The van der Waals surface area contributed by atoms with Crippen LogP contribution in [0, 0.1) is 0 Å². The van der Waals surface area contributed by atoms with Crippen LogP contribution in [0.4, 0.5) is 5.82 Å². The van der Waals surface area contributed by atoms with Crippen LogP contribution >= 0.6 is 0 Å². The van der Waals surface area contributed by atoms with Gasteiger partial charge in [0, 0.05) is 32.0 Å². The predicted molar refractivity (Wildman–Crippen MR) is 67.2 cm³/mol. The van der Waals surface area contributed by atoms with E-state index in [2.05, 4.69) is 15.3 Å². The predicted octanol–water partition coefficient (Wildman–Crippen LogP) is 0.560. The van der Waals surface area contributed by atoms with Crippen molar-refractivity contribution in [3.63, 3.8) is 0 Å². The van der Waals surface area contributed by atoms with E-state index in [1.54, 1.807) is 18.6 Å². The SMILES string of the molecule is CCN(CC)S(=O)(=O)CCNc1cnccn1. The second-order valence-corrected chi connectivity index (χ2v) is 5.51. The molecule has 0 atom stereocenters. The lowest BCUT2D eigenvalue weighted by Crippen LogP contribution is -2.34. The molecule has 0 radical (unpaired) electrons. The number of nitrogens with one attached hydrogen (secondary N) is 1. The highest BCUT2D eigenvalue weighted by Crippen LogP contribution is 2.02. The molecule has 1 heterocycles. The summed E-state index contributed by atoms with van der Waals surface area (Å²) in [7, 11) is -3.17. The van der Waals surface area contributed by atoms with Crippen LogP contribution in [0.25, 0.3) is 0 Å². The standard InChI is InChI=1S/C10H18N4O2S/c1-3-14(4-2)17(15,16)8-7-13-10-9-11-5-6-12-10/h5-6,9H,3-4,7-8H2,1-2H3,(H,12,13). The fourth-order valence-electron chi connectivity index (χ4n) is 1.44. The van der Waals surface area contributed by atoms with Crippen LogP contribution in [0.3, 0.4) is 0 Å². The average molecular weight is 258 g/mol. The molecule has 0 unspecified atom stereocenters. The molecule has 0 aliphatic carbocycles. The molecular weight excluding hydrogens is 240 g/mol. The minimum atomic E-state index is -3.17. The molecule has 0 aliphatic rings. The zero-order valence-electron chi connectivity index (χ0n) is 10.1. The third kappa shape index (κ3) is 4.27. The van der Waals surface area contributed by atoms with Gasteiger partial charge in [-0.2, -0.15) is 0 Å². The Balaban J connectivity index is 2.46. The Bertz CT molecular complexity index is 417. The van der Waals surface area contributed by atoms with Gasteiger partial charge in [-0.25, -0.2) is 17.7 Å². The normalized spacial score (nSPS) is 11.7. The first kappa shape index (κ1) is 13.9. The first-order chi connectivity index (χ1) is 8.10. The van der Waals surface area contributed by atoms with Crippen molar-refractivity contribution in [2.75, 3.05) is 30.7 Å². The van der Waals surface area contributed by atoms with E-state index < -0.39 is 10.0 Å². The molecule has 17 heavy (non-hydrogen) atoms. The summed E-state index contributed by atoms with van der Waals surface area (Å²) >= 11 is 0. The maximum absolute atomic E-state index is 11.8. The van der Waals surface area contributed by atoms with Gasteiger partial charge in [0.25, 0.3) is 0 Å². The third-order valence-electron chi connectivity index (χ3n) is 2.33. The molecule has 0 spiro atoms. The molecule has 0 aliphatic heterocycles. The van der Waals surface area contributed by atoms with Crippen molar-refractivity contribution in [3.8, 4) is 0 Å². The number of hydrogen-bond donors (Lipinski definition) is 1. The van der Waals surface area contributed by atoms with E-state index in [4.69, 9.17) is 0 Å². The molecule has 0 bridgehead atoms. The van der Waals surface area contributed by atoms with E-state index in [9.17, 15) is 8.42 Å². The molecule has 7 heteroatoms. The highest BCUT2D eigenvalue weighted by molar-refractivity contribution is 7.89. The minimum Gasteiger partial charge on any atom is -0.368 e. The third-order valence-corrected chi connectivity index (χ3v) is 4.35. The number of rotatable bonds is 7. The van der Waals surface area contributed by atoms with Gasteiger partial charge in [0.05, 0.1) is 11.9 Å². The summed E-state index contributed by atoms with van der Waals surface area (Å²) in [6.07, 6.45) is 4.68. The van der Waals surface area contributed by atoms with Gasteiger partial charge in [-0.3, -0.25) is 4.98 Å². The molecule has 0 saturated heterocycles. The van der Waals surface area contributed by atoms with Gasteiger partial charge in [-0.15, -0.1) is 0 Å². The Morgan fingerprint density at radius 1 is 1.29 bits per heavy atom. The Kier molecular flexibility index (Phi) is 5.30. The first-order valence-corrected chi connectivity index (χ1v) is 7.18.